The summed E-state index contributed by atoms with van der Waals surface area (Å²) in [5, 5.41) is 20.7. The molecule has 18 heteroatoms. The molecule has 0 saturated carbocycles. The number of allylic oxidation sites excluding steroid dienone is 26. The summed E-state index contributed by atoms with van der Waals surface area (Å²) < 4.78 is 61.5. The molecule has 660 valence electrons. The average Bonchev–Trinajstić information content (AvgIpc) is 0.906. The van der Waals surface area contributed by atoms with Crippen LogP contribution in [0.5, 0.6) is 0 Å². The van der Waals surface area contributed by atoms with Crippen molar-refractivity contribution in [1.29, 1.82) is 0 Å². The molecule has 0 radical (unpaired) electrons. The highest BCUT2D eigenvalue weighted by molar-refractivity contribution is 7.47. The van der Waals surface area contributed by atoms with Gasteiger partial charge in [0.2, 0.25) is 0 Å². The van der Waals surface area contributed by atoms with E-state index >= 15 is 0 Å². The van der Waals surface area contributed by atoms with E-state index in [2.05, 4.69) is 179 Å². The fraction of sp³-hybridized carbons (Fsp3) is 0.701. The normalized spacial score (nSPS) is 14.5. The summed E-state index contributed by atoms with van der Waals surface area (Å²) in [5.41, 5.74) is 0. The lowest BCUT2D eigenvalue weighted by atomic mass is 10.0. The van der Waals surface area contributed by atoms with Gasteiger partial charge in [-0.05, 0) is 154 Å². The second-order valence-electron chi connectivity index (χ2n) is 30.4. The van der Waals surface area contributed by atoms with Gasteiger partial charge >= 0.3 is 33.6 Å². The van der Waals surface area contributed by atoms with E-state index in [0.29, 0.717) is 19.3 Å². The molecule has 0 bridgehead atoms. The van der Waals surface area contributed by atoms with Crippen LogP contribution in [0.4, 0.5) is 0 Å². The van der Waals surface area contributed by atoms with Crippen LogP contribution in [0.25, 0.3) is 0 Å². The Kier molecular flexibility index (Phi) is 84.7. The molecule has 0 aromatic carbocycles. The van der Waals surface area contributed by atoms with Crippen molar-refractivity contribution in [1.82, 2.24) is 0 Å². The van der Waals surface area contributed by atoms with Gasteiger partial charge in [-0.1, -0.05) is 365 Å². The van der Waals surface area contributed by atoms with Crippen molar-refractivity contribution in [2.24, 2.45) is 0 Å². The zero-order chi connectivity index (χ0) is 83.6. The van der Waals surface area contributed by atoms with Crippen molar-refractivity contribution < 1.29 is 75.8 Å². The monoisotopic (exact) mass is 1650 g/mol. The average molecular weight is 1650 g/mol. The van der Waals surface area contributed by atoms with Gasteiger partial charge in [-0.25, -0.2) is 9.13 Å². The van der Waals surface area contributed by atoms with Gasteiger partial charge in [0.05, 0.1) is 26.4 Å². The summed E-state index contributed by atoms with van der Waals surface area (Å²) >= 11 is 0. The number of hydrogen-bond donors (Lipinski definition) is 4. The Morgan fingerprint density at radius 3 is 0.730 bits per heavy atom. The number of aliphatic hydroxyl groups excluding tert-OH is 2. The number of rotatable bonds is 86. The number of phosphoric ester groups is 2. The largest absolute Gasteiger partial charge is 0.472 e. The number of hydrogen-bond acceptors (Lipinski definition) is 14. The molecule has 0 aliphatic heterocycles. The topological polar surface area (TPSA) is 231 Å². The zero-order valence-corrected chi connectivity index (χ0v) is 74.5. The number of carbonyl (C=O) groups excluding carboxylic acids is 3. The molecular formula is C97H166O16P2. The van der Waals surface area contributed by atoms with Crippen LogP contribution in [0.2, 0.25) is 0 Å². The van der Waals surface area contributed by atoms with Crippen LogP contribution in [0, 0.1) is 0 Å². The third-order valence-corrected chi connectivity index (χ3v) is 21.1. The summed E-state index contributed by atoms with van der Waals surface area (Å²) in [7, 11) is -9.82. The van der Waals surface area contributed by atoms with Gasteiger partial charge in [0.1, 0.15) is 25.4 Å². The summed E-state index contributed by atoms with van der Waals surface area (Å²) in [6.07, 6.45) is 113. The van der Waals surface area contributed by atoms with Crippen molar-refractivity contribution in [3.8, 4) is 0 Å². The first kappa shape index (κ1) is 110. The smallest absolute Gasteiger partial charge is 0.463 e. The Morgan fingerprint density at radius 2 is 0.461 bits per heavy atom. The molecule has 0 aromatic rings. The standard InChI is InChI=1S/C97H166O16P2/c1-4-7-10-13-16-19-22-25-28-31-34-37-40-41-42-43-44-45-46-47-48-49-52-54-56-59-62-65-68-71-74-77-80-83-95(100)107-86-92(98)87-109-114(103,104)110-88-93(99)89-111-115(105,106)112-91-94(113-97(102)85-82-79-76-73-70-67-64-61-58-55-51-39-36-33-30-27-24-21-18-15-12-9-6-3)90-108-96(101)84-81-78-75-72-69-66-63-60-57-53-50-38-35-32-29-26-23-20-17-14-11-8-5-2/h7,10,16-21,25-30,34-39,41-42,53,55,57-58,92-94,98-99H,4-6,8-9,11-15,22-24,31-33,40,43-52,54,56,59-91H2,1-3H3,(H,103,104)(H,105,106)/b10-7-,19-16-,20-17-,21-18-,28-25-,29-26-,30-27-,37-34-,38-35-,39-36-,42-41-,57-53-,58-55-. The lowest BCUT2D eigenvalue weighted by Gasteiger charge is -2.21. The van der Waals surface area contributed by atoms with Crippen LogP contribution in [0.1, 0.15) is 380 Å². The Bertz CT molecular complexity index is 2720. The highest BCUT2D eigenvalue weighted by Gasteiger charge is 2.29. The second kappa shape index (κ2) is 88.5. The van der Waals surface area contributed by atoms with Crippen molar-refractivity contribution in [3.63, 3.8) is 0 Å². The molecule has 0 spiro atoms. The second-order valence-corrected chi connectivity index (χ2v) is 33.3. The van der Waals surface area contributed by atoms with Crippen molar-refractivity contribution in [2.75, 3.05) is 39.6 Å². The number of unbranched alkanes of at least 4 members (excludes halogenated alkanes) is 37. The molecule has 0 aliphatic rings. The summed E-state index contributed by atoms with van der Waals surface area (Å²) in [4.78, 5) is 59.0. The number of esters is 3. The third-order valence-electron chi connectivity index (χ3n) is 19.2. The highest BCUT2D eigenvalue weighted by atomic mass is 31.2. The van der Waals surface area contributed by atoms with Crippen LogP contribution in [-0.4, -0.2) is 95.9 Å². The maximum Gasteiger partial charge on any atom is 0.472 e. The van der Waals surface area contributed by atoms with Crippen LogP contribution >= 0.6 is 15.6 Å². The first-order valence-corrected chi connectivity index (χ1v) is 48.8. The highest BCUT2D eigenvalue weighted by Crippen LogP contribution is 2.45. The predicted octanol–water partition coefficient (Wildman–Crippen LogP) is 28.1. The number of phosphoric acid groups is 2. The molecule has 5 atom stereocenters. The van der Waals surface area contributed by atoms with Crippen molar-refractivity contribution in [2.45, 2.75) is 399 Å². The number of ether oxygens (including phenoxy) is 3. The van der Waals surface area contributed by atoms with E-state index in [0.717, 1.165) is 180 Å². The minimum atomic E-state index is -4.95. The maximum absolute atomic E-state index is 13.1. The van der Waals surface area contributed by atoms with E-state index in [1.807, 2.05) is 0 Å². The molecule has 0 saturated heterocycles. The molecule has 115 heavy (non-hydrogen) atoms. The summed E-state index contributed by atoms with van der Waals surface area (Å²) in [5.74, 6) is -1.59. The first-order chi connectivity index (χ1) is 56.2. The van der Waals surface area contributed by atoms with Crippen LogP contribution in [0.15, 0.2) is 158 Å². The Labute approximate surface area is 701 Å². The van der Waals surface area contributed by atoms with Crippen LogP contribution in [0.3, 0.4) is 0 Å². The van der Waals surface area contributed by atoms with Gasteiger partial charge in [-0.3, -0.25) is 32.5 Å². The van der Waals surface area contributed by atoms with E-state index in [1.165, 1.54) is 141 Å². The third kappa shape index (κ3) is 89.8. The molecule has 0 aliphatic carbocycles. The van der Waals surface area contributed by atoms with Crippen molar-refractivity contribution in [3.05, 3.63) is 158 Å². The lowest BCUT2D eigenvalue weighted by Crippen LogP contribution is -2.30. The lowest BCUT2D eigenvalue weighted by molar-refractivity contribution is -0.161. The predicted molar refractivity (Wildman–Crippen MR) is 482 cm³/mol. The van der Waals surface area contributed by atoms with Gasteiger partial charge in [-0.15, -0.1) is 0 Å². The summed E-state index contributed by atoms with van der Waals surface area (Å²) in [6, 6.07) is 0. The van der Waals surface area contributed by atoms with E-state index in [1.54, 1.807) is 0 Å². The SMILES string of the molecule is CC/C=C\C/C=C\C/C=C\C/C=C\C/C=C\CCCCCCCCCCCCCCCCCCCC(=O)OCC(O)COP(=O)(O)OCC(O)COP(=O)(O)OCC(COC(=O)CCCCCCCCC/C=C\C/C=C\C/C=C\C/C=C\CCCCC)OC(=O)CCCCCCCCC/C=C\C/C=C\C/C=C\C/C=C\CCCCC. The van der Waals surface area contributed by atoms with Crippen molar-refractivity contribution >= 4 is 33.6 Å². The minimum Gasteiger partial charge on any atom is -0.463 e. The Balaban J connectivity index is 4.58. The van der Waals surface area contributed by atoms with E-state index in [4.69, 9.17) is 32.3 Å². The fourth-order valence-corrected chi connectivity index (χ4v) is 13.9. The molecule has 0 amide bonds. The quantitative estimate of drug-likeness (QED) is 0.0146. The van der Waals surface area contributed by atoms with Gasteiger partial charge in [0.25, 0.3) is 0 Å². The molecule has 4 N–H and O–H groups in total. The van der Waals surface area contributed by atoms with Gasteiger partial charge in [0, 0.05) is 19.3 Å². The first-order valence-electron chi connectivity index (χ1n) is 45.8. The molecule has 0 aromatic heterocycles. The summed E-state index contributed by atoms with van der Waals surface area (Å²) in [6.45, 7) is 2.53. The van der Waals surface area contributed by atoms with Gasteiger partial charge in [-0.2, -0.15) is 0 Å². The molecule has 0 fully saturated rings. The number of aliphatic hydroxyl groups is 2. The minimum absolute atomic E-state index is 0.0860. The molecule has 0 rings (SSSR count). The van der Waals surface area contributed by atoms with Crippen LogP contribution < -0.4 is 0 Å². The number of carbonyl (C=O) groups is 3. The van der Waals surface area contributed by atoms with Gasteiger partial charge < -0.3 is 34.2 Å². The van der Waals surface area contributed by atoms with E-state index in [-0.39, 0.29) is 19.3 Å². The van der Waals surface area contributed by atoms with E-state index < -0.39 is 91.5 Å². The fourth-order valence-electron chi connectivity index (χ4n) is 12.3. The molecule has 5 unspecified atom stereocenters. The van der Waals surface area contributed by atoms with Crippen LogP contribution in [-0.2, 0) is 55.8 Å². The molecule has 16 nitrogen and oxygen atoms in total. The Morgan fingerprint density at radius 1 is 0.252 bits per heavy atom. The zero-order valence-electron chi connectivity index (χ0n) is 72.7. The maximum atomic E-state index is 13.1. The molecule has 0 heterocycles. The van der Waals surface area contributed by atoms with Gasteiger partial charge in [0.15, 0.2) is 6.10 Å². The van der Waals surface area contributed by atoms with E-state index in [9.17, 15) is 43.5 Å². The molecular weight excluding hydrogens is 1480 g/mol. The Hall–Kier alpha value is -4.83.